The number of aromatic amines is 1. The van der Waals surface area contributed by atoms with Crippen LogP contribution in [0.1, 0.15) is 30.1 Å². The van der Waals surface area contributed by atoms with Gasteiger partial charge in [0.1, 0.15) is 0 Å². The summed E-state index contributed by atoms with van der Waals surface area (Å²) in [5, 5.41) is 11.7. The van der Waals surface area contributed by atoms with E-state index in [9.17, 15) is 5.11 Å². The second-order valence-electron chi connectivity index (χ2n) is 4.93. The molecule has 0 fully saturated rings. The standard InChI is InChI=1S/C17H17NO/c1-12(13-6-3-2-4-7-13)17(19)15-8-5-9-16-14(15)10-11-18-16/h2-12,17-19H,1H3. The van der Waals surface area contributed by atoms with Gasteiger partial charge in [-0.15, -0.1) is 0 Å². The van der Waals surface area contributed by atoms with Crippen molar-refractivity contribution in [3.8, 4) is 0 Å². The lowest BCUT2D eigenvalue weighted by Crippen LogP contribution is -2.07. The Morgan fingerprint density at radius 2 is 1.74 bits per heavy atom. The third kappa shape index (κ3) is 2.15. The van der Waals surface area contributed by atoms with Gasteiger partial charge in [0.05, 0.1) is 6.10 Å². The van der Waals surface area contributed by atoms with Crippen LogP contribution >= 0.6 is 0 Å². The first kappa shape index (κ1) is 12.0. The van der Waals surface area contributed by atoms with Gasteiger partial charge >= 0.3 is 0 Å². The number of aliphatic hydroxyl groups is 1. The Hall–Kier alpha value is -2.06. The summed E-state index contributed by atoms with van der Waals surface area (Å²) in [6, 6.07) is 18.2. The van der Waals surface area contributed by atoms with E-state index in [1.54, 1.807) is 0 Å². The van der Waals surface area contributed by atoms with Crippen molar-refractivity contribution in [1.29, 1.82) is 0 Å². The van der Waals surface area contributed by atoms with Crippen LogP contribution in [-0.4, -0.2) is 10.1 Å². The second-order valence-corrected chi connectivity index (χ2v) is 4.93. The third-order valence-corrected chi connectivity index (χ3v) is 3.75. The van der Waals surface area contributed by atoms with Crippen molar-refractivity contribution >= 4 is 10.9 Å². The van der Waals surface area contributed by atoms with E-state index in [0.29, 0.717) is 0 Å². The maximum absolute atomic E-state index is 10.6. The molecular weight excluding hydrogens is 234 g/mol. The van der Waals surface area contributed by atoms with E-state index < -0.39 is 6.10 Å². The quantitative estimate of drug-likeness (QED) is 0.725. The van der Waals surface area contributed by atoms with Gasteiger partial charge in [-0.3, -0.25) is 0 Å². The fourth-order valence-electron chi connectivity index (χ4n) is 2.58. The predicted octanol–water partition coefficient (Wildman–Crippen LogP) is 4.01. The number of fused-ring (bicyclic) bond motifs is 1. The molecule has 2 unspecified atom stereocenters. The summed E-state index contributed by atoms with van der Waals surface area (Å²) >= 11 is 0. The lowest BCUT2D eigenvalue weighted by Gasteiger charge is -2.20. The molecule has 3 aromatic rings. The Labute approximate surface area is 112 Å². The highest BCUT2D eigenvalue weighted by atomic mass is 16.3. The smallest absolute Gasteiger partial charge is 0.0862 e. The summed E-state index contributed by atoms with van der Waals surface area (Å²) in [6.07, 6.45) is 1.41. The molecule has 0 bridgehead atoms. The minimum Gasteiger partial charge on any atom is -0.388 e. The number of nitrogens with one attached hydrogen (secondary N) is 1. The van der Waals surface area contributed by atoms with Crippen LogP contribution in [0.15, 0.2) is 60.8 Å². The van der Waals surface area contributed by atoms with Crippen molar-refractivity contribution in [3.05, 3.63) is 71.9 Å². The Morgan fingerprint density at radius 1 is 0.947 bits per heavy atom. The van der Waals surface area contributed by atoms with Crippen LogP contribution in [0.25, 0.3) is 10.9 Å². The van der Waals surface area contributed by atoms with Gasteiger partial charge in [-0.2, -0.15) is 0 Å². The molecule has 3 rings (SSSR count). The number of hydrogen-bond acceptors (Lipinski definition) is 1. The van der Waals surface area contributed by atoms with Gasteiger partial charge in [-0.1, -0.05) is 49.4 Å². The molecule has 19 heavy (non-hydrogen) atoms. The molecule has 0 aliphatic heterocycles. The SMILES string of the molecule is CC(c1ccccc1)C(O)c1cccc2[nH]ccc12. The Balaban J connectivity index is 2.00. The number of aliphatic hydroxyl groups excluding tert-OH is 1. The van der Waals surface area contributed by atoms with E-state index >= 15 is 0 Å². The van der Waals surface area contributed by atoms with Crippen molar-refractivity contribution in [1.82, 2.24) is 4.98 Å². The third-order valence-electron chi connectivity index (χ3n) is 3.75. The molecule has 2 atom stereocenters. The maximum atomic E-state index is 10.6. The molecule has 0 aliphatic carbocycles. The average molecular weight is 251 g/mol. The fourth-order valence-corrected chi connectivity index (χ4v) is 2.58. The monoisotopic (exact) mass is 251 g/mol. The minimum absolute atomic E-state index is 0.0710. The summed E-state index contributed by atoms with van der Waals surface area (Å²) in [6.45, 7) is 2.06. The summed E-state index contributed by atoms with van der Waals surface area (Å²) < 4.78 is 0. The van der Waals surface area contributed by atoms with Gasteiger partial charge in [0.15, 0.2) is 0 Å². The Kier molecular flexibility index (Phi) is 3.10. The highest BCUT2D eigenvalue weighted by Gasteiger charge is 2.20. The molecule has 1 aromatic heterocycles. The second kappa shape index (κ2) is 4.90. The van der Waals surface area contributed by atoms with Gasteiger partial charge < -0.3 is 10.1 Å². The molecule has 0 radical (unpaired) electrons. The van der Waals surface area contributed by atoms with Crippen LogP contribution in [0.4, 0.5) is 0 Å². The molecule has 1 heterocycles. The molecule has 0 aliphatic rings. The van der Waals surface area contributed by atoms with Crippen LogP contribution in [0.3, 0.4) is 0 Å². The summed E-state index contributed by atoms with van der Waals surface area (Å²) in [4.78, 5) is 3.18. The first-order valence-corrected chi connectivity index (χ1v) is 6.56. The zero-order chi connectivity index (χ0) is 13.2. The highest BCUT2D eigenvalue weighted by molar-refractivity contribution is 5.83. The fraction of sp³-hybridized carbons (Fsp3) is 0.176. The van der Waals surface area contributed by atoms with Crippen LogP contribution in [0.2, 0.25) is 0 Å². The normalized spacial score (nSPS) is 14.4. The van der Waals surface area contributed by atoms with Crippen LogP contribution < -0.4 is 0 Å². The lowest BCUT2D eigenvalue weighted by atomic mass is 9.89. The van der Waals surface area contributed by atoms with E-state index in [1.807, 2.05) is 48.7 Å². The zero-order valence-electron chi connectivity index (χ0n) is 10.9. The Morgan fingerprint density at radius 3 is 2.53 bits per heavy atom. The molecule has 2 aromatic carbocycles. The van der Waals surface area contributed by atoms with Crippen molar-refractivity contribution in [3.63, 3.8) is 0 Å². The molecule has 0 saturated carbocycles. The van der Waals surface area contributed by atoms with Crippen molar-refractivity contribution < 1.29 is 5.11 Å². The van der Waals surface area contributed by atoms with E-state index in [0.717, 1.165) is 22.0 Å². The van der Waals surface area contributed by atoms with Crippen LogP contribution in [0.5, 0.6) is 0 Å². The maximum Gasteiger partial charge on any atom is 0.0862 e. The van der Waals surface area contributed by atoms with Crippen LogP contribution in [-0.2, 0) is 0 Å². The molecule has 2 nitrogen and oxygen atoms in total. The molecule has 2 N–H and O–H groups in total. The molecule has 2 heteroatoms. The summed E-state index contributed by atoms with van der Waals surface area (Å²) in [7, 11) is 0. The molecule has 0 amide bonds. The minimum atomic E-state index is -0.498. The van der Waals surface area contributed by atoms with Crippen molar-refractivity contribution in [2.45, 2.75) is 18.9 Å². The number of H-pyrrole nitrogens is 1. The largest absolute Gasteiger partial charge is 0.388 e. The number of hydrogen-bond donors (Lipinski definition) is 2. The van der Waals surface area contributed by atoms with E-state index in [2.05, 4.69) is 24.0 Å². The average Bonchev–Trinajstić information content (AvgIpc) is 2.95. The van der Waals surface area contributed by atoms with Crippen LogP contribution in [0, 0.1) is 0 Å². The first-order chi connectivity index (χ1) is 9.27. The lowest BCUT2D eigenvalue weighted by molar-refractivity contribution is 0.153. The topological polar surface area (TPSA) is 36.0 Å². The summed E-state index contributed by atoms with van der Waals surface area (Å²) in [5.41, 5.74) is 3.20. The molecular formula is C17H17NO. The Bertz CT molecular complexity index is 672. The van der Waals surface area contributed by atoms with E-state index in [-0.39, 0.29) is 5.92 Å². The van der Waals surface area contributed by atoms with Crippen molar-refractivity contribution in [2.75, 3.05) is 0 Å². The summed E-state index contributed by atoms with van der Waals surface area (Å²) in [5.74, 6) is 0.0710. The highest BCUT2D eigenvalue weighted by Crippen LogP contribution is 2.33. The predicted molar refractivity (Wildman–Crippen MR) is 78.1 cm³/mol. The number of aromatic nitrogens is 1. The number of rotatable bonds is 3. The van der Waals surface area contributed by atoms with Gasteiger partial charge in [0.25, 0.3) is 0 Å². The van der Waals surface area contributed by atoms with E-state index in [4.69, 9.17) is 0 Å². The van der Waals surface area contributed by atoms with Gasteiger partial charge in [0.2, 0.25) is 0 Å². The molecule has 96 valence electrons. The first-order valence-electron chi connectivity index (χ1n) is 6.56. The molecule has 0 spiro atoms. The van der Waals surface area contributed by atoms with Gasteiger partial charge in [-0.05, 0) is 23.3 Å². The van der Waals surface area contributed by atoms with Crippen molar-refractivity contribution in [2.24, 2.45) is 0 Å². The van der Waals surface area contributed by atoms with Gasteiger partial charge in [-0.25, -0.2) is 0 Å². The zero-order valence-corrected chi connectivity index (χ0v) is 10.9. The van der Waals surface area contributed by atoms with Gasteiger partial charge in [0, 0.05) is 23.0 Å². The molecule has 0 saturated heterocycles. The van der Waals surface area contributed by atoms with E-state index in [1.165, 1.54) is 0 Å². The number of benzene rings is 2.